The zero-order valence-corrected chi connectivity index (χ0v) is 13.7. The molecule has 86 valence electrons. The molecule has 0 radical (unpaired) electrons. The number of hydrogen-bond acceptors (Lipinski definition) is 0. The van der Waals surface area contributed by atoms with E-state index in [-0.39, 0.29) is 24.8 Å². The monoisotopic (exact) mass is 332 g/mol. The zero-order chi connectivity index (χ0) is 10.1. The molecule has 0 aromatic carbocycles. The fourth-order valence-electron chi connectivity index (χ4n) is 1.93. The molecular weight excluding hydrogens is 318 g/mol. The largest absolute Gasteiger partial charge is 1.00 e. The minimum atomic E-state index is -1.60. The molecule has 2 rings (SSSR count). The van der Waals surface area contributed by atoms with Gasteiger partial charge >= 0.3 is 94.2 Å². The number of hydrogen-bond donors (Lipinski definition) is 0. The summed E-state index contributed by atoms with van der Waals surface area (Å²) in [6.45, 7) is 4.47. The van der Waals surface area contributed by atoms with Gasteiger partial charge in [0.2, 0.25) is 0 Å². The van der Waals surface area contributed by atoms with E-state index in [0.717, 1.165) is 0 Å². The van der Waals surface area contributed by atoms with Crippen LogP contribution in [0.4, 0.5) is 0 Å². The van der Waals surface area contributed by atoms with Crippen LogP contribution in [0.5, 0.6) is 0 Å². The van der Waals surface area contributed by atoms with Gasteiger partial charge in [-0.05, 0) is 0 Å². The van der Waals surface area contributed by atoms with Crippen molar-refractivity contribution in [2.24, 2.45) is 0 Å². The van der Waals surface area contributed by atoms with Crippen LogP contribution in [0.2, 0.25) is 0 Å². The molecule has 0 atom stereocenters. The van der Waals surface area contributed by atoms with Crippen LogP contribution < -0.4 is 24.8 Å². The Morgan fingerprint density at radius 2 is 1.88 bits per heavy atom. The molecule has 0 aliphatic heterocycles. The fourth-order valence-corrected chi connectivity index (χ4v) is 6.71. The molecule has 0 aromatic heterocycles. The van der Waals surface area contributed by atoms with E-state index in [1.807, 2.05) is 0 Å². The third-order valence-electron chi connectivity index (χ3n) is 3.07. The van der Waals surface area contributed by atoms with Gasteiger partial charge in [-0.1, -0.05) is 0 Å². The van der Waals surface area contributed by atoms with Crippen LogP contribution in [0.25, 0.3) is 0 Å². The summed E-state index contributed by atoms with van der Waals surface area (Å²) in [5.74, 6) is 0. The van der Waals surface area contributed by atoms with Crippen molar-refractivity contribution < 1.29 is 46.1 Å². The molecule has 0 bridgehead atoms. The SMILES string of the molecule is [CH2]=[Zr+2]([C]1=CC=CC1)[C]1=CC(C)=C(C)C1.[Cl-].[Cl-]. The van der Waals surface area contributed by atoms with Gasteiger partial charge in [-0.15, -0.1) is 0 Å². The molecule has 0 saturated heterocycles. The predicted octanol–water partition coefficient (Wildman–Crippen LogP) is -2.49. The van der Waals surface area contributed by atoms with E-state index < -0.39 is 21.3 Å². The molecule has 2 aliphatic carbocycles. The van der Waals surface area contributed by atoms with Gasteiger partial charge in [0.05, 0.1) is 0 Å². The average molecular weight is 334 g/mol. The normalized spacial score (nSPS) is 17.1. The van der Waals surface area contributed by atoms with Crippen molar-refractivity contribution in [2.45, 2.75) is 26.7 Å². The van der Waals surface area contributed by atoms with Gasteiger partial charge in [0, 0.05) is 0 Å². The van der Waals surface area contributed by atoms with Crippen molar-refractivity contribution in [3.63, 3.8) is 0 Å². The van der Waals surface area contributed by atoms with Gasteiger partial charge < -0.3 is 24.8 Å². The van der Waals surface area contributed by atoms with Crippen molar-refractivity contribution in [2.75, 3.05) is 0 Å². The van der Waals surface area contributed by atoms with Crippen molar-refractivity contribution >= 4 is 4.21 Å². The molecule has 0 heterocycles. The van der Waals surface area contributed by atoms with Crippen LogP contribution in [-0.4, -0.2) is 4.21 Å². The molecular formula is C13H16Cl2Zr. The molecule has 0 nitrogen and oxygen atoms in total. The maximum absolute atomic E-state index is 4.46. The van der Waals surface area contributed by atoms with E-state index in [0.29, 0.717) is 0 Å². The third kappa shape index (κ3) is 3.39. The summed E-state index contributed by atoms with van der Waals surface area (Å²) in [5.41, 5.74) is 3.03. The Kier molecular flexibility index (Phi) is 7.02. The second kappa shape index (κ2) is 6.89. The van der Waals surface area contributed by atoms with Crippen molar-refractivity contribution in [1.82, 2.24) is 0 Å². The van der Waals surface area contributed by atoms with E-state index >= 15 is 0 Å². The van der Waals surface area contributed by atoms with Crippen molar-refractivity contribution in [3.8, 4) is 0 Å². The summed E-state index contributed by atoms with van der Waals surface area (Å²) < 4.78 is 7.80. The van der Waals surface area contributed by atoms with E-state index in [2.05, 4.69) is 42.4 Å². The van der Waals surface area contributed by atoms with Crippen molar-refractivity contribution in [1.29, 1.82) is 0 Å². The Morgan fingerprint density at radius 1 is 1.19 bits per heavy atom. The summed E-state index contributed by atoms with van der Waals surface area (Å²) in [6, 6.07) is 0. The summed E-state index contributed by atoms with van der Waals surface area (Å²) in [5, 5.41) is 0. The summed E-state index contributed by atoms with van der Waals surface area (Å²) >= 11 is -1.60. The molecule has 16 heavy (non-hydrogen) atoms. The van der Waals surface area contributed by atoms with Crippen LogP contribution in [-0.2, 0) is 21.3 Å². The van der Waals surface area contributed by atoms with Crippen LogP contribution in [0.1, 0.15) is 26.7 Å². The first-order valence-corrected chi connectivity index (χ1v) is 9.30. The summed E-state index contributed by atoms with van der Waals surface area (Å²) in [4.78, 5) is 0. The predicted molar refractivity (Wildman–Crippen MR) is 60.0 cm³/mol. The number of allylic oxidation sites excluding steroid dienone is 8. The first-order valence-electron chi connectivity index (χ1n) is 5.11. The third-order valence-corrected chi connectivity index (χ3v) is 8.58. The Hall–Kier alpha value is 0.293. The van der Waals surface area contributed by atoms with Crippen LogP contribution >= 0.6 is 0 Å². The Morgan fingerprint density at radius 3 is 2.31 bits per heavy atom. The molecule has 0 aromatic rings. The maximum Gasteiger partial charge on any atom is -1.00 e. The summed E-state index contributed by atoms with van der Waals surface area (Å²) in [7, 11) is 0. The van der Waals surface area contributed by atoms with Gasteiger partial charge in [-0.2, -0.15) is 0 Å². The molecule has 0 fully saturated rings. The second-order valence-corrected chi connectivity index (χ2v) is 9.62. The van der Waals surface area contributed by atoms with Gasteiger partial charge in [0.25, 0.3) is 0 Å². The topological polar surface area (TPSA) is 0 Å². The van der Waals surface area contributed by atoms with E-state index in [1.165, 1.54) is 18.4 Å². The molecule has 3 heteroatoms. The van der Waals surface area contributed by atoms with E-state index in [4.69, 9.17) is 0 Å². The molecule has 0 spiro atoms. The maximum atomic E-state index is 4.46. The second-order valence-electron chi connectivity index (χ2n) is 4.11. The smallest absolute Gasteiger partial charge is 1.00 e. The van der Waals surface area contributed by atoms with Gasteiger partial charge in [0.15, 0.2) is 0 Å². The fraction of sp³-hybridized carbons (Fsp3) is 0.308. The summed E-state index contributed by atoms with van der Waals surface area (Å²) in [6.07, 6.45) is 11.5. The zero-order valence-electron chi connectivity index (χ0n) is 9.69. The standard InChI is InChI=1S/C7H9.C5H5.CH2.2ClH.Zr/c1-6-4-3-5-7(6)2;1-2-4-5-3-1;;;;/h4H,5H2,1-2H3;1-3H,4H2;1H2;2*1H;/q;;;;;+2/p-2. The quantitative estimate of drug-likeness (QED) is 0.524. The molecule has 2 aliphatic rings. The van der Waals surface area contributed by atoms with E-state index in [1.54, 1.807) is 12.1 Å². The Bertz CT molecular complexity index is 412. The minimum Gasteiger partial charge on any atom is -1.00 e. The number of halogens is 2. The average Bonchev–Trinajstić information content (AvgIpc) is 2.76. The van der Waals surface area contributed by atoms with Crippen LogP contribution in [0, 0.1) is 0 Å². The Balaban J connectivity index is 0.00000112. The van der Waals surface area contributed by atoms with Gasteiger partial charge in [0.1, 0.15) is 0 Å². The van der Waals surface area contributed by atoms with Gasteiger partial charge in [-0.3, -0.25) is 0 Å². The van der Waals surface area contributed by atoms with Crippen LogP contribution in [0.15, 0.2) is 42.0 Å². The molecule has 0 N–H and O–H groups in total. The van der Waals surface area contributed by atoms with Crippen LogP contribution in [0.3, 0.4) is 0 Å². The molecule has 0 saturated carbocycles. The van der Waals surface area contributed by atoms with Crippen molar-refractivity contribution in [3.05, 3.63) is 42.0 Å². The first kappa shape index (κ1) is 16.3. The van der Waals surface area contributed by atoms with E-state index in [9.17, 15) is 0 Å². The molecule has 0 amide bonds. The number of rotatable bonds is 2. The minimum absolute atomic E-state index is 0. The van der Waals surface area contributed by atoms with Gasteiger partial charge in [-0.25, -0.2) is 0 Å². The molecule has 0 unspecified atom stereocenters. The first-order chi connectivity index (χ1) is 6.68. The Labute approximate surface area is 118 Å².